The summed E-state index contributed by atoms with van der Waals surface area (Å²) in [6, 6.07) is 0.641. The largest absolute Gasteiger partial charge is 0.300 e. The number of nitrogens with zero attached hydrogens (tertiary/aromatic N) is 2. The highest BCUT2D eigenvalue weighted by Crippen LogP contribution is 2.24. The minimum atomic E-state index is 0.417. The van der Waals surface area contributed by atoms with Crippen LogP contribution in [0.2, 0.25) is 0 Å². The van der Waals surface area contributed by atoms with Gasteiger partial charge in [-0.15, -0.1) is 0 Å². The van der Waals surface area contributed by atoms with E-state index in [0.717, 1.165) is 0 Å². The fourth-order valence-electron chi connectivity index (χ4n) is 0.941. The van der Waals surface area contributed by atoms with Crippen molar-refractivity contribution in [2.24, 2.45) is 15.9 Å². The zero-order valence-electron chi connectivity index (χ0n) is 7.54. The summed E-state index contributed by atoms with van der Waals surface area (Å²) in [7, 11) is 1.81. The highest BCUT2D eigenvalue weighted by molar-refractivity contribution is 5.96. The van der Waals surface area contributed by atoms with Crippen LogP contribution in [0.1, 0.15) is 26.7 Å². The Hall–Kier alpha value is -0.660. The zero-order valence-corrected chi connectivity index (χ0v) is 7.54. The van der Waals surface area contributed by atoms with Crippen molar-refractivity contribution in [1.29, 1.82) is 0 Å². The molecular weight excluding hydrogens is 136 g/mol. The van der Waals surface area contributed by atoms with Crippen molar-refractivity contribution in [3.05, 3.63) is 0 Å². The van der Waals surface area contributed by atoms with Crippen LogP contribution in [0.4, 0.5) is 0 Å². The monoisotopic (exact) mass is 152 g/mol. The molecule has 2 nitrogen and oxygen atoms in total. The molecule has 0 spiro atoms. The molecule has 0 amide bonds. The standard InChI is InChI=1S/C9H16N2/c1-7(6-10-3)8(2)11-9-4-5-9/h6-7,9H,4-5H2,1-3H3. The van der Waals surface area contributed by atoms with Crippen LogP contribution in [0.25, 0.3) is 0 Å². The van der Waals surface area contributed by atoms with Crippen LogP contribution in [-0.4, -0.2) is 25.0 Å². The Balaban J connectivity index is 2.43. The first-order chi connectivity index (χ1) is 5.24. The minimum Gasteiger partial charge on any atom is -0.300 e. The molecule has 1 rings (SSSR count). The van der Waals surface area contributed by atoms with E-state index in [-0.39, 0.29) is 0 Å². The van der Waals surface area contributed by atoms with Gasteiger partial charge in [-0.25, -0.2) is 0 Å². The number of aliphatic imine (C=N–C) groups is 2. The molecule has 0 aromatic carbocycles. The van der Waals surface area contributed by atoms with Crippen LogP contribution in [-0.2, 0) is 0 Å². The summed E-state index contributed by atoms with van der Waals surface area (Å²) in [5.41, 5.74) is 1.22. The first kappa shape index (κ1) is 8.44. The van der Waals surface area contributed by atoms with E-state index in [4.69, 9.17) is 0 Å². The lowest BCUT2D eigenvalue weighted by molar-refractivity contribution is 0.991. The fourth-order valence-corrected chi connectivity index (χ4v) is 0.941. The molecule has 0 N–H and O–H groups in total. The molecule has 0 radical (unpaired) electrons. The molecule has 0 saturated heterocycles. The van der Waals surface area contributed by atoms with Crippen molar-refractivity contribution < 1.29 is 0 Å². The lowest BCUT2D eigenvalue weighted by Gasteiger charge is -2.03. The molecule has 2 heteroatoms. The van der Waals surface area contributed by atoms with Gasteiger partial charge in [0.15, 0.2) is 0 Å². The number of hydrogen-bond donors (Lipinski definition) is 0. The molecular formula is C9H16N2. The summed E-state index contributed by atoms with van der Waals surface area (Å²) in [6.45, 7) is 4.22. The summed E-state index contributed by atoms with van der Waals surface area (Å²) in [6.07, 6.45) is 4.52. The molecule has 1 saturated carbocycles. The van der Waals surface area contributed by atoms with E-state index in [2.05, 4.69) is 23.8 Å². The molecule has 0 aliphatic heterocycles. The first-order valence-electron chi connectivity index (χ1n) is 4.20. The van der Waals surface area contributed by atoms with E-state index in [9.17, 15) is 0 Å². The molecule has 0 bridgehead atoms. The van der Waals surface area contributed by atoms with E-state index in [0.29, 0.717) is 12.0 Å². The van der Waals surface area contributed by atoms with Gasteiger partial charge in [-0.3, -0.25) is 4.99 Å². The molecule has 1 fully saturated rings. The van der Waals surface area contributed by atoms with E-state index in [1.807, 2.05) is 6.21 Å². The van der Waals surface area contributed by atoms with Crippen LogP contribution in [0.5, 0.6) is 0 Å². The van der Waals surface area contributed by atoms with Gasteiger partial charge in [0.2, 0.25) is 0 Å². The molecule has 62 valence electrons. The minimum absolute atomic E-state index is 0.417. The fraction of sp³-hybridized carbons (Fsp3) is 0.778. The molecule has 1 aliphatic rings. The van der Waals surface area contributed by atoms with E-state index in [1.54, 1.807) is 7.05 Å². The summed E-state index contributed by atoms with van der Waals surface area (Å²) >= 11 is 0. The Kier molecular flexibility index (Phi) is 2.80. The maximum Gasteiger partial charge on any atom is 0.0500 e. The number of hydrogen-bond acceptors (Lipinski definition) is 2. The lowest BCUT2D eigenvalue weighted by Crippen LogP contribution is -2.08. The van der Waals surface area contributed by atoms with Gasteiger partial charge in [0.25, 0.3) is 0 Å². The van der Waals surface area contributed by atoms with Gasteiger partial charge >= 0.3 is 0 Å². The average Bonchev–Trinajstić information content (AvgIpc) is 2.72. The molecule has 0 heterocycles. The van der Waals surface area contributed by atoms with Crippen LogP contribution < -0.4 is 0 Å². The van der Waals surface area contributed by atoms with Gasteiger partial charge in [0.1, 0.15) is 0 Å². The van der Waals surface area contributed by atoms with Gasteiger partial charge in [0, 0.05) is 24.9 Å². The van der Waals surface area contributed by atoms with Gasteiger partial charge in [0.05, 0.1) is 6.04 Å². The zero-order chi connectivity index (χ0) is 8.27. The summed E-state index contributed by atoms with van der Waals surface area (Å²) < 4.78 is 0. The third-order valence-electron chi connectivity index (χ3n) is 1.96. The van der Waals surface area contributed by atoms with E-state index < -0.39 is 0 Å². The quantitative estimate of drug-likeness (QED) is 0.552. The summed E-state index contributed by atoms with van der Waals surface area (Å²) in [5.74, 6) is 0.417. The van der Waals surface area contributed by atoms with E-state index in [1.165, 1.54) is 18.6 Å². The lowest BCUT2D eigenvalue weighted by atomic mass is 10.1. The third-order valence-corrected chi connectivity index (χ3v) is 1.96. The molecule has 1 atom stereocenters. The second-order valence-electron chi connectivity index (χ2n) is 3.20. The highest BCUT2D eigenvalue weighted by Gasteiger charge is 2.20. The molecule has 0 aromatic heterocycles. The van der Waals surface area contributed by atoms with Gasteiger partial charge in [-0.05, 0) is 19.8 Å². The molecule has 11 heavy (non-hydrogen) atoms. The molecule has 0 aromatic rings. The van der Waals surface area contributed by atoms with Crippen molar-refractivity contribution in [2.45, 2.75) is 32.7 Å². The van der Waals surface area contributed by atoms with Gasteiger partial charge in [-0.1, -0.05) is 6.92 Å². The van der Waals surface area contributed by atoms with Crippen molar-refractivity contribution in [2.75, 3.05) is 7.05 Å². The predicted octanol–water partition coefficient (Wildman–Crippen LogP) is 1.95. The van der Waals surface area contributed by atoms with Crippen molar-refractivity contribution >= 4 is 11.9 Å². The maximum atomic E-state index is 4.53. The smallest absolute Gasteiger partial charge is 0.0500 e. The summed E-state index contributed by atoms with van der Waals surface area (Å²) in [5, 5.41) is 0. The molecule has 1 unspecified atom stereocenters. The first-order valence-corrected chi connectivity index (χ1v) is 4.20. The third kappa shape index (κ3) is 2.83. The Morgan fingerprint density at radius 1 is 1.55 bits per heavy atom. The highest BCUT2D eigenvalue weighted by atomic mass is 14.8. The van der Waals surface area contributed by atoms with Gasteiger partial charge < -0.3 is 4.99 Å². The molecule has 1 aliphatic carbocycles. The second kappa shape index (κ2) is 3.65. The average molecular weight is 152 g/mol. The Morgan fingerprint density at radius 2 is 2.18 bits per heavy atom. The Labute approximate surface area is 68.4 Å². The topological polar surface area (TPSA) is 24.7 Å². The van der Waals surface area contributed by atoms with Crippen LogP contribution >= 0.6 is 0 Å². The van der Waals surface area contributed by atoms with Crippen molar-refractivity contribution in [3.63, 3.8) is 0 Å². The Bertz CT molecular complexity index is 178. The van der Waals surface area contributed by atoms with Crippen molar-refractivity contribution in [3.8, 4) is 0 Å². The normalized spacial score (nSPS) is 22.6. The van der Waals surface area contributed by atoms with Crippen LogP contribution in [0.15, 0.2) is 9.98 Å². The maximum absolute atomic E-state index is 4.53. The summed E-state index contributed by atoms with van der Waals surface area (Å²) in [4.78, 5) is 8.51. The Morgan fingerprint density at radius 3 is 2.64 bits per heavy atom. The van der Waals surface area contributed by atoms with Crippen molar-refractivity contribution in [1.82, 2.24) is 0 Å². The SMILES string of the molecule is CN=CC(C)C(C)=NC1CC1. The van der Waals surface area contributed by atoms with Gasteiger partial charge in [-0.2, -0.15) is 0 Å². The predicted molar refractivity (Wildman–Crippen MR) is 49.7 cm³/mol. The number of rotatable bonds is 3. The second-order valence-corrected chi connectivity index (χ2v) is 3.20. The van der Waals surface area contributed by atoms with E-state index >= 15 is 0 Å². The van der Waals surface area contributed by atoms with Crippen LogP contribution in [0.3, 0.4) is 0 Å². The van der Waals surface area contributed by atoms with Crippen LogP contribution in [0, 0.1) is 5.92 Å².